The van der Waals surface area contributed by atoms with Gasteiger partial charge in [0.05, 0.1) is 23.1 Å². The van der Waals surface area contributed by atoms with Crippen molar-refractivity contribution in [3.05, 3.63) is 26.7 Å². The maximum atomic E-state index is 11.1. The Hall–Kier alpha value is -0.200. The molecule has 0 aliphatic carbocycles. The monoisotopic (exact) mass is 390 g/mol. The van der Waals surface area contributed by atoms with Crippen LogP contribution in [0.15, 0.2) is 16.6 Å². The van der Waals surface area contributed by atoms with Gasteiger partial charge in [-0.3, -0.25) is 4.79 Å². The maximum Gasteiger partial charge on any atom is 0.234 e. The van der Waals surface area contributed by atoms with Gasteiger partial charge in [0.2, 0.25) is 5.91 Å². The van der Waals surface area contributed by atoms with Crippen LogP contribution in [-0.4, -0.2) is 32.7 Å². The summed E-state index contributed by atoms with van der Waals surface area (Å²) in [7, 11) is 1.71. The van der Waals surface area contributed by atoms with E-state index in [1.54, 1.807) is 19.2 Å². The average molecular weight is 393 g/mol. The van der Waals surface area contributed by atoms with Crippen LogP contribution in [0.25, 0.3) is 0 Å². The SMILES string of the molecule is CNCC(=O)NCCOc1c(Cl)cc(Br)cc1Cl.Cl. The smallest absolute Gasteiger partial charge is 0.234 e. The van der Waals surface area contributed by atoms with Gasteiger partial charge in [-0.25, -0.2) is 0 Å². The molecule has 0 aliphatic heterocycles. The van der Waals surface area contributed by atoms with E-state index in [-0.39, 0.29) is 24.9 Å². The van der Waals surface area contributed by atoms with Crippen molar-refractivity contribution in [2.45, 2.75) is 0 Å². The minimum absolute atomic E-state index is 0. The molecule has 1 rings (SSSR count). The van der Waals surface area contributed by atoms with Crippen molar-refractivity contribution in [1.29, 1.82) is 0 Å². The molecule has 1 aromatic carbocycles. The van der Waals surface area contributed by atoms with Gasteiger partial charge in [-0.05, 0) is 19.2 Å². The summed E-state index contributed by atoms with van der Waals surface area (Å²) in [4.78, 5) is 11.1. The average Bonchev–Trinajstić information content (AvgIpc) is 2.27. The largest absolute Gasteiger partial charge is 0.489 e. The van der Waals surface area contributed by atoms with E-state index in [0.717, 1.165) is 4.47 Å². The van der Waals surface area contributed by atoms with Gasteiger partial charge in [0.25, 0.3) is 0 Å². The molecule has 0 saturated heterocycles. The first-order valence-corrected chi connectivity index (χ1v) is 6.78. The fourth-order valence-corrected chi connectivity index (χ4v) is 2.55. The number of hydrogen-bond acceptors (Lipinski definition) is 3. The molecular weight excluding hydrogens is 378 g/mol. The summed E-state index contributed by atoms with van der Waals surface area (Å²) >= 11 is 15.3. The molecular formula is C11H14BrCl3N2O2. The minimum Gasteiger partial charge on any atom is -0.489 e. The Labute approximate surface area is 136 Å². The number of ether oxygens (including phenoxy) is 1. The first-order chi connectivity index (χ1) is 8.54. The van der Waals surface area contributed by atoms with Crippen molar-refractivity contribution in [3.8, 4) is 5.75 Å². The second kappa shape index (κ2) is 9.66. The summed E-state index contributed by atoms with van der Waals surface area (Å²) < 4.78 is 6.22. The van der Waals surface area contributed by atoms with Gasteiger partial charge in [-0.2, -0.15) is 0 Å². The molecule has 0 saturated carbocycles. The van der Waals surface area contributed by atoms with Crippen LogP contribution >= 0.6 is 51.5 Å². The Morgan fingerprint density at radius 1 is 1.37 bits per heavy atom. The number of halogens is 4. The fraction of sp³-hybridized carbons (Fsp3) is 0.364. The van der Waals surface area contributed by atoms with Crippen LogP contribution in [0.1, 0.15) is 0 Å². The van der Waals surface area contributed by atoms with Crippen LogP contribution in [0.4, 0.5) is 0 Å². The summed E-state index contributed by atoms with van der Waals surface area (Å²) in [6.45, 7) is 0.972. The topological polar surface area (TPSA) is 50.4 Å². The quantitative estimate of drug-likeness (QED) is 0.732. The maximum absolute atomic E-state index is 11.1. The molecule has 108 valence electrons. The first-order valence-electron chi connectivity index (χ1n) is 5.23. The zero-order chi connectivity index (χ0) is 13.5. The lowest BCUT2D eigenvalue weighted by Gasteiger charge is -2.11. The van der Waals surface area contributed by atoms with E-state index >= 15 is 0 Å². The van der Waals surface area contributed by atoms with E-state index in [9.17, 15) is 4.79 Å². The summed E-state index contributed by atoms with van der Waals surface area (Å²) in [5.41, 5.74) is 0. The lowest BCUT2D eigenvalue weighted by Crippen LogP contribution is -2.34. The van der Waals surface area contributed by atoms with Gasteiger partial charge in [-0.15, -0.1) is 12.4 Å². The highest BCUT2D eigenvalue weighted by Gasteiger charge is 2.08. The van der Waals surface area contributed by atoms with Crippen LogP contribution in [0, 0.1) is 0 Å². The molecule has 0 heterocycles. The number of amides is 1. The van der Waals surface area contributed by atoms with E-state index in [4.69, 9.17) is 27.9 Å². The number of benzene rings is 1. The van der Waals surface area contributed by atoms with Crippen molar-refractivity contribution in [2.75, 3.05) is 26.7 Å². The number of nitrogens with one attached hydrogen (secondary N) is 2. The molecule has 0 spiro atoms. The van der Waals surface area contributed by atoms with E-state index in [0.29, 0.717) is 28.9 Å². The van der Waals surface area contributed by atoms with E-state index in [2.05, 4.69) is 26.6 Å². The molecule has 2 N–H and O–H groups in total. The van der Waals surface area contributed by atoms with Crippen LogP contribution in [0.5, 0.6) is 5.75 Å². The number of likely N-dealkylation sites (N-methyl/N-ethyl adjacent to an activating group) is 1. The van der Waals surface area contributed by atoms with Gasteiger partial charge in [0.1, 0.15) is 6.61 Å². The van der Waals surface area contributed by atoms with Crippen LogP contribution in [0.3, 0.4) is 0 Å². The Morgan fingerprint density at radius 3 is 2.47 bits per heavy atom. The van der Waals surface area contributed by atoms with Gasteiger partial charge in [0.15, 0.2) is 5.75 Å². The van der Waals surface area contributed by atoms with E-state index < -0.39 is 0 Å². The Morgan fingerprint density at radius 2 is 1.95 bits per heavy atom. The minimum atomic E-state index is -0.0888. The molecule has 4 nitrogen and oxygen atoms in total. The molecule has 0 aromatic heterocycles. The van der Waals surface area contributed by atoms with Crippen molar-refractivity contribution in [2.24, 2.45) is 0 Å². The molecule has 0 atom stereocenters. The highest BCUT2D eigenvalue weighted by Crippen LogP contribution is 2.35. The third-order valence-corrected chi connectivity index (χ3v) is 2.99. The number of carbonyl (C=O) groups is 1. The lowest BCUT2D eigenvalue weighted by atomic mass is 10.3. The molecule has 1 aromatic rings. The molecule has 1 amide bonds. The van der Waals surface area contributed by atoms with Crippen LogP contribution < -0.4 is 15.4 Å². The van der Waals surface area contributed by atoms with E-state index in [1.807, 2.05) is 0 Å². The zero-order valence-electron chi connectivity index (χ0n) is 10.1. The molecule has 0 unspecified atom stereocenters. The Kier molecular flexibility index (Phi) is 9.56. The van der Waals surface area contributed by atoms with Crippen LogP contribution in [-0.2, 0) is 4.79 Å². The lowest BCUT2D eigenvalue weighted by molar-refractivity contribution is -0.120. The van der Waals surface area contributed by atoms with Gasteiger partial charge < -0.3 is 15.4 Å². The standard InChI is InChI=1S/C11H13BrCl2N2O2.ClH/c1-15-6-10(17)16-2-3-18-11-8(13)4-7(12)5-9(11)14;/h4-5,15H,2-3,6H2,1H3,(H,16,17);1H. The predicted molar refractivity (Wildman–Crippen MR) is 83.8 cm³/mol. The summed E-state index contributed by atoms with van der Waals surface area (Å²) in [5.74, 6) is 0.332. The Bertz CT molecular complexity index is 409. The van der Waals surface area contributed by atoms with Gasteiger partial charge in [0, 0.05) is 4.47 Å². The molecule has 19 heavy (non-hydrogen) atoms. The van der Waals surface area contributed by atoms with Crippen LogP contribution in [0.2, 0.25) is 10.0 Å². The first kappa shape index (κ1) is 18.8. The highest BCUT2D eigenvalue weighted by molar-refractivity contribution is 9.10. The number of rotatable bonds is 6. The second-order valence-corrected chi connectivity index (χ2v) is 5.16. The predicted octanol–water partition coefficient (Wildman–Crippen LogP) is 2.89. The number of hydrogen-bond donors (Lipinski definition) is 2. The second-order valence-electron chi connectivity index (χ2n) is 3.43. The Balaban J connectivity index is 0.00000324. The number of carbonyl (C=O) groups excluding carboxylic acids is 1. The molecule has 0 aliphatic rings. The normalized spacial score (nSPS) is 9.68. The molecule has 0 fully saturated rings. The van der Waals surface area contributed by atoms with Crippen molar-refractivity contribution >= 4 is 57.4 Å². The third kappa shape index (κ3) is 6.68. The molecule has 8 heteroatoms. The summed E-state index contributed by atoms with van der Waals surface area (Å²) in [6.07, 6.45) is 0. The van der Waals surface area contributed by atoms with Gasteiger partial charge in [-0.1, -0.05) is 39.1 Å². The summed E-state index contributed by atoms with van der Waals surface area (Å²) in [6, 6.07) is 3.39. The zero-order valence-corrected chi connectivity index (χ0v) is 14.0. The van der Waals surface area contributed by atoms with Gasteiger partial charge >= 0.3 is 0 Å². The molecule has 0 radical (unpaired) electrons. The highest BCUT2D eigenvalue weighted by atomic mass is 79.9. The van der Waals surface area contributed by atoms with Crippen molar-refractivity contribution in [1.82, 2.24) is 10.6 Å². The summed E-state index contributed by atoms with van der Waals surface area (Å²) in [5, 5.41) is 6.29. The van der Waals surface area contributed by atoms with Crippen molar-refractivity contribution in [3.63, 3.8) is 0 Å². The fourth-order valence-electron chi connectivity index (χ4n) is 1.23. The third-order valence-electron chi connectivity index (χ3n) is 1.97. The van der Waals surface area contributed by atoms with E-state index in [1.165, 1.54) is 0 Å². The molecule has 0 bridgehead atoms. The van der Waals surface area contributed by atoms with Crippen molar-refractivity contribution < 1.29 is 9.53 Å².